The first kappa shape index (κ1) is 17.2. The van der Waals surface area contributed by atoms with Crippen molar-refractivity contribution in [3.05, 3.63) is 35.4 Å². The molecule has 1 amide bonds. The van der Waals surface area contributed by atoms with Gasteiger partial charge < -0.3 is 9.32 Å². The molecule has 6 heteroatoms. The average molecular weight is 340 g/mol. The summed E-state index contributed by atoms with van der Waals surface area (Å²) in [4.78, 5) is 19.4. The Kier molecular flexibility index (Phi) is 4.37. The van der Waals surface area contributed by atoms with Crippen molar-refractivity contribution in [1.82, 2.24) is 19.7 Å². The van der Waals surface area contributed by atoms with E-state index in [1.54, 1.807) is 18.1 Å². The number of fused-ring (bicyclic) bond motifs is 1. The number of furan rings is 1. The lowest BCUT2D eigenvalue weighted by atomic mass is 10.1. The molecule has 0 spiro atoms. The van der Waals surface area contributed by atoms with Gasteiger partial charge in [0.2, 0.25) is 0 Å². The minimum Gasteiger partial charge on any atom is -0.466 e. The maximum Gasteiger partial charge on any atom is 0.254 e. The molecule has 0 unspecified atom stereocenters. The zero-order chi connectivity index (χ0) is 18.3. The molecule has 132 valence electrons. The number of nitrogens with zero attached hydrogens (tertiary/aromatic N) is 4. The van der Waals surface area contributed by atoms with E-state index in [2.05, 4.69) is 5.10 Å². The third-order valence-electron chi connectivity index (χ3n) is 4.42. The number of carbonyl (C=O) groups excluding carboxylic acids is 1. The Morgan fingerprint density at radius 2 is 2.04 bits per heavy atom. The van der Waals surface area contributed by atoms with Gasteiger partial charge in [0.15, 0.2) is 5.65 Å². The summed E-state index contributed by atoms with van der Waals surface area (Å²) in [5.74, 6) is 1.59. The van der Waals surface area contributed by atoms with Crippen molar-refractivity contribution in [3.8, 4) is 11.3 Å². The molecular weight excluding hydrogens is 316 g/mol. The van der Waals surface area contributed by atoms with Crippen LogP contribution >= 0.6 is 0 Å². The summed E-state index contributed by atoms with van der Waals surface area (Å²) in [6.45, 7) is 10.5. The van der Waals surface area contributed by atoms with Crippen LogP contribution in [0.3, 0.4) is 0 Å². The maximum absolute atomic E-state index is 12.9. The Bertz CT molecular complexity index is 936. The molecule has 0 aliphatic heterocycles. The van der Waals surface area contributed by atoms with E-state index >= 15 is 0 Å². The molecule has 3 rings (SSSR count). The molecule has 0 atom stereocenters. The predicted octanol–water partition coefficient (Wildman–Crippen LogP) is 3.98. The number of aryl methyl sites for hydroxylation is 2. The van der Waals surface area contributed by atoms with Crippen LogP contribution in [0.5, 0.6) is 0 Å². The van der Waals surface area contributed by atoms with Gasteiger partial charge in [-0.05, 0) is 46.8 Å². The van der Waals surface area contributed by atoms with Crippen LogP contribution in [0.15, 0.2) is 22.7 Å². The number of hydrogen-bond acceptors (Lipinski definition) is 4. The van der Waals surface area contributed by atoms with Crippen molar-refractivity contribution >= 4 is 16.9 Å². The highest BCUT2D eigenvalue weighted by Gasteiger charge is 2.21. The normalized spacial score (nSPS) is 11.5. The zero-order valence-electron chi connectivity index (χ0n) is 15.6. The summed E-state index contributed by atoms with van der Waals surface area (Å²) in [5, 5.41) is 5.22. The Morgan fingerprint density at radius 1 is 1.32 bits per heavy atom. The van der Waals surface area contributed by atoms with E-state index in [1.807, 2.05) is 51.4 Å². The second-order valence-corrected chi connectivity index (χ2v) is 6.62. The van der Waals surface area contributed by atoms with Crippen molar-refractivity contribution in [3.63, 3.8) is 0 Å². The largest absolute Gasteiger partial charge is 0.466 e. The van der Waals surface area contributed by atoms with Gasteiger partial charge in [0.25, 0.3) is 5.91 Å². The van der Waals surface area contributed by atoms with Crippen molar-refractivity contribution < 1.29 is 9.21 Å². The highest BCUT2D eigenvalue weighted by Crippen LogP contribution is 2.30. The minimum absolute atomic E-state index is 0.0303. The Balaban J connectivity index is 2.30. The second-order valence-electron chi connectivity index (χ2n) is 6.62. The van der Waals surface area contributed by atoms with Crippen LogP contribution in [0, 0.1) is 13.8 Å². The lowest BCUT2D eigenvalue weighted by Gasteiger charge is -2.16. The number of amides is 1. The van der Waals surface area contributed by atoms with Crippen molar-refractivity contribution in [2.24, 2.45) is 0 Å². The number of pyridine rings is 1. The fraction of sp³-hybridized carbons (Fsp3) is 0.421. The summed E-state index contributed by atoms with van der Waals surface area (Å²) in [6.07, 6.45) is 1.73. The molecule has 0 fully saturated rings. The highest BCUT2D eigenvalue weighted by molar-refractivity contribution is 6.06. The van der Waals surface area contributed by atoms with E-state index in [1.165, 1.54) is 0 Å². The number of aromatic nitrogens is 3. The first-order chi connectivity index (χ1) is 11.8. The van der Waals surface area contributed by atoms with E-state index in [-0.39, 0.29) is 11.9 Å². The molecule has 3 heterocycles. The first-order valence-corrected chi connectivity index (χ1v) is 8.54. The minimum atomic E-state index is -0.0303. The maximum atomic E-state index is 12.9. The molecule has 0 aliphatic carbocycles. The topological polar surface area (TPSA) is 64.2 Å². The summed E-state index contributed by atoms with van der Waals surface area (Å²) in [6, 6.07) is 3.96. The monoisotopic (exact) mass is 340 g/mol. The molecule has 0 bridgehead atoms. The van der Waals surface area contributed by atoms with Crippen LogP contribution in [0.2, 0.25) is 0 Å². The van der Waals surface area contributed by atoms with Crippen molar-refractivity contribution in [1.29, 1.82) is 0 Å². The quantitative estimate of drug-likeness (QED) is 0.720. The third-order valence-corrected chi connectivity index (χ3v) is 4.42. The predicted molar refractivity (Wildman–Crippen MR) is 97.7 cm³/mol. The molecule has 0 saturated heterocycles. The van der Waals surface area contributed by atoms with Crippen molar-refractivity contribution in [2.45, 2.75) is 40.7 Å². The smallest absolute Gasteiger partial charge is 0.254 e. The molecule has 3 aromatic heterocycles. The first-order valence-electron chi connectivity index (χ1n) is 8.54. The van der Waals surface area contributed by atoms with Gasteiger partial charge >= 0.3 is 0 Å². The average Bonchev–Trinajstić information content (AvgIpc) is 3.15. The van der Waals surface area contributed by atoms with Gasteiger partial charge in [-0.1, -0.05) is 0 Å². The van der Waals surface area contributed by atoms with Gasteiger partial charge in [-0.2, -0.15) is 5.10 Å². The third kappa shape index (κ3) is 2.92. The fourth-order valence-electron chi connectivity index (χ4n) is 2.95. The van der Waals surface area contributed by atoms with Gasteiger partial charge in [0, 0.05) is 25.2 Å². The van der Waals surface area contributed by atoms with Crippen LogP contribution in [0.1, 0.15) is 48.7 Å². The van der Waals surface area contributed by atoms with E-state index in [0.29, 0.717) is 12.1 Å². The van der Waals surface area contributed by atoms with Gasteiger partial charge in [-0.15, -0.1) is 0 Å². The van der Waals surface area contributed by atoms with E-state index in [0.717, 1.165) is 33.8 Å². The molecule has 0 aromatic carbocycles. The summed E-state index contributed by atoms with van der Waals surface area (Å²) in [7, 11) is 1.80. The molecule has 6 nitrogen and oxygen atoms in total. The second kappa shape index (κ2) is 6.35. The standard InChI is InChI=1S/C19H24N4O2/c1-7-22(6)19(24)15-9-17(14-8-12(4)25-13(14)5)21-18-16(15)10-20-23(18)11(2)3/h8-11H,7H2,1-6H3. The summed E-state index contributed by atoms with van der Waals surface area (Å²) < 4.78 is 7.50. The van der Waals surface area contributed by atoms with Gasteiger partial charge in [-0.3, -0.25) is 4.79 Å². The molecule has 0 radical (unpaired) electrons. The number of hydrogen-bond donors (Lipinski definition) is 0. The van der Waals surface area contributed by atoms with Gasteiger partial charge in [-0.25, -0.2) is 9.67 Å². The molecule has 25 heavy (non-hydrogen) atoms. The van der Waals surface area contributed by atoms with Crippen molar-refractivity contribution in [2.75, 3.05) is 13.6 Å². The molecule has 0 N–H and O–H groups in total. The van der Waals surface area contributed by atoms with Gasteiger partial charge in [0.1, 0.15) is 11.5 Å². The van der Waals surface area contributed by atoms with E-state index in [9.17, 15) is 4.79 Å². The molecule has 0 saturated carbocycles. The van der Waals surface area contributed by atoms with Crippen LogP contribution in [-0.2, 0) is 0 Å². The highest BCUT2D eigenvalue weighted by atomic mass is 16.3. The van der Waals surface area contributed by atoms with E-state index in [4.69, 9.17) is 9.40 Å². The SMILES string of the molecule is CCN(C)C(=O)c1cc(-c2cc(C)oc2C)nc2c1cnn2C(C)C. The van der Waals surface area contributed by atoms with E-state index < -0.39 is 0 Å². The van der Waals surface area contributed by atoms with Crippen LogP contribution < -0.4 is 0 Å². The Hall–Kier alpha value is -2.63. The Morgan fingerprint density at radius 3 is 2.60 bits per heavy atom. The number of carbonyl (C=O) groups is 1. The van der Waals surface area contributed by atoms with Crippen LogP contribution in [-0.4, -0.2) is 39.2 Å². The molecular formula is C19H24N4O2. The molecule has 3 aromatic rings. The number of rotatable bonds is 4. The Labute approximate surface area is 147 Å². The summed E-state index contributed by atoms with van der Waals surface area (Å²) in [5.41, 5.74) is 2.98. The molecule has 0 aliphatic rings. The summed E-state index contributed by atoms with van der Waals surface area (Å²) >= 11 is 0. The fourth-order valence-corrected chi connectivity index (χ4v) is 2.95. The van der Waals surface area contributed by atoms with Crippen LogP contribution in [0.4, 0.5) is 0 Å². The zero-order valence-corrected chi connectivity index (χ0v) is 15.6. The van der Waals surface area contributed by atoms with Gasteiger partial charge in [0.05, 0.1) is 22.8 Å². The van der Waals surface area contributed by atoms with Crippen LogP contribution in [0.25, 0.3) is 22.3 Å². The lowest BCUT2D eigenvalue weighted by molar-refractivity contribution is 0.0804. The lowest BCUT2D eigenvalue weighted by Crippen LogP contribution is -2.26.